The van der Waals surface area contributed by atoms with Gasteiger partial charge >= 0.3 is 0 Å². The van der Waals surface area contributed by atoms with Crippen molar-refractivity contribution in [3.8, 4) is 0 Å². The van der Waals surface area contributed by atoms with Gasteiger partial charge in [-0.3, -0.25) is 0 Å². The van der Waals surface area contributed by atoms with E-state index in [0.717, 1.165) is 19.8 Å². The Morgan fingerprint density at radius 2 is 2.06 bits per heavy atom. The Balaban J connectivity index is 1.91. The average Bonchev–Trinajstić information content (AvgIpc) is 2.67. The first-order valence-electron chi connectivity index (χ1n) is 6.88. The highest BCUT2D eigenvalue weighted by molar-refractivity contribution is 7.12. The van der Waals surface area contributed by atoms with E-state index in [1.54, 1.807) is 0 Å². The summed E-state index contributed by atoms with van der Waals surface area (Å²) in [5.41, 5.74) is 1.87. The van der Waals surface area contributed by atoms with Gasteiger partial charge < -0.3 is 10.1 Å². The van der Waals surface area contributed by atoms with E-state index >= 15 is 0 Å². The Morgan fingerprint density at radius 3 is 2.61 bits per heavy atom. The molecule has 0 saturated carbocycles. The van der Waals surface area contributed by atoms with E-state index in [9.17, 15) is 0 Å². The third kappa shape index (κ3) is 3.34. The van der Waals surface area contributed by atoms with Gasteiger partial charge in [0.15, 0.2) is 0 Å². The molecule has 0 bridgehead atoms. The van der Waals surface area contributed by atoms with Crippen LogP contribution in [0.1, 0.15) is 48.0 Å². The number of thiophene rings is 1. The lowest BCUT2D eigenvalue weighted by Gasteiger charge is -2.34. The minimum Gasteiger partial charge on any atom is -0.381 e. The van der Waals surface area contributed by atoms with Crippen LogP contribution in [-0.4, -0.2) is 19.8 Å². The summed E-state index contributed by atoms with van der Waals surface area (Å²) >= 11 is 1.90. The predicted octanol–water partition coefficient (Wildman–Crippen LogP) is 3.83. The molecule has 1 N–H and O–H groups in total. The van der Waals surface area contributed by atoms with E-state index < -0.39 is 0 Å². The van der Waals surface area contributed by atoms with E-state index in [1.165, 1.54) is 28.2 Å². The van der Waals surface area contributed by atoms with Crippen molar-refractivity contribution in [1.82, 2.24) is 5.32 Å². The lowest BCUT2D eigenvalue weighted by Crippen LogP contribution is -2.37. The first kappa shape index (κ1) is 14.0. The molecule has 1 aromatic rings. The standard InChI is InChI=1S/C15H25NOS/c1-11-9-14(13(3)18-11)12(2)16-10-15(4)5-7-17-8-6-15/h9,12,16H,5-8,10H2,1-4H3. The first-order chi connectivity index (χ1) is 8.50. The monoisotopic (exact) mass is 267 g/mol. The predicted molar refractivity (Wildman–Crippen MR) is 78.4 cm³/mol. The fraction of sp³-hybridized carbons (Fsp3) is 0.733. The van der Waals surface area contributed by atoms with Gasteiger partial charge in [0, 0.05) is 35.6 Å². The average molecular weight is 267 g/mol. The normalized spacial score (nSPS) is 20.9. The fourth-order valence-electron chi connectivity index (χ4n) is 2.63. The zero-order valence-electron chi connectivity index (χ0n) is 12.0. The van der Waals surface area contributed by atoms with E-state index in [2.05, 4.69) is 39.1 Å². The number of hydrogen-bond donors (Lipinski definition) is 1. The van der Waals surface area contributed by atoms with Crippen molar-refractivity contribution >= 4 is 11.3 Å². The maximum atomic E-state index is 5.45. The molecular weight excluding hydrogens is 242 g/mol. The Labute approximate surface area is 115 Å². The van der Waals surface area contributed by atoms with Gasteiger partial charge in [0.05, 0.1) is 0 Å². The Bertz CT molecular complexity index is 393. The summed E-state index contributed by atoms with van der Waals surface area (Å²) in [6.45, 7) is 12.0. The first-order valence-corrected chi connectivity index (χ1v) is 7.70. The van der Waals surface area contributed by atoms with Crippen molar-refractivity contribution < 1.29 is 4.74 Å². The molecule has 0 radical (unpaired) electrons. The third-order valence-corrected chi connectivity index (χ3v) is 5.06. The number of hydrogen-bond acceptors (Lipinski definition) is 3. The summed E-state index contributed by atoms with van der Waals surface area (Å²) < 4.78 is 5.45. The van der Waals surface area contributed by atoms with Gasteiger partial charge in [-0.1, -0.05) is 6.92 Å². The zero-order chi connectivity index (χ0) is 13.2. The van der Waals surface area contributed by atoms with Crippen LogP contribution in [0.15, 0.2) is 6.07 Å². The number of aryl methyl sites for hydroxylation is 2. The van der Waals surface area contributed by atoms with Crippen LogP contribution in [0.5, 0.6) is 0 Å². The summed E-state index contributed by atoms with van der Waals surface area (Å²) in [7, 11) is 0. The van der Waals surface area contributed by atoms with Gasteiger partial charge in [-0.25, -0.2) is 0 Å². The SMILES string of the molecule is Cc1cc(C(C)NCC2(C)CCOCC2)c(C)s1. The smallest absolute Gasteiger partial charge is 0.0471 e. The van der Waals surface area contributed by atoms with E-state index in [-0.39, 0.29) is 0 Å². The molecule has 1 atom stereocenters. The molecule has 1 saturated heterocycles. The van der Waals surface area contributed by atoms with Crippen LogP contribution in [-0.2, 0) is 4.74 Å². The van der Waals surface area contributed by atoms with Gasteiger partial charge in [0.1, 0.15) is 0 Å². The largest absolute Gasteiger partial charge is 0.381 e. The number of nitrogens with one attached hydrogen (secondary N) is 1. The zero-order valence-corrected chi connectivity index (χ0v) is 12.8. The van der Waals surface area contributed by atoms with Crippen LogP contribution >= 0.6 is 11.3 Å². The van der Waals surface area contributed by atoms with E-state index in [0.29, 0.717) is 11.5 Å². The van der Waals surface area contributed by atoms with Gasteiger partial charge in [0.25, 0.3) is 0 Å². The maximum absolute atomic E-state index is 5.45. The molecule has 3 heteroatoms. The summed E-state index contributed by atoms with van der Waals surface area (Å²) in [6.07, 6.45) is 2.35. The lowest BCUT2D eigenvalue weighted by atomic mass is 9.82. The van der Waals surface area contributed by atoms with Crippen molar-refractivity contribution in [2.45, 2.75) is 46.6 Å². The van der Waals surface area contributed by atoms with Gasteiger partial charge in [0.2, 0.25) is 0 Å². The Morgan fingerprint density at radius 1 is 1.39 bits per heavy atom. The van der Waals surface area contributed by atoms with Gasteiger partial charge in [-0.15, -0.1) is 11.3 Å². The summed E-state index contributed by atoms with van der Waals surface area (Å²) in [6, 6.07) is 2.78. The second-order valence-electron chi connectivity index (χ2n) is 5.89. The molecule has 1 aliphatic rings. The van der Waals surface area contributed by atoms with E-state index in [4.69, 9.17) is 4.74 Å². The van der Waals surface area contributed by atoms with Crippen molar-refractivity contribution in [2.75, 3.05) is 19.8 Å². The maximum Gasteiger partial charge on any atom is 0.0471 e. The highest BCUT2D eigenvalue weighted by Gasteiger charge is 2.27. The molecule has 2 nitrogen and oxygen atoms in total. The molecule has 0 aromatic carbocycles. The molecule has 0 spiro atoms. The number of ether oxygens (including phenoxy) is 1. The molecule has 2 heterocycles. The third-order valence-electron chi connectivity index (χ3n) is 4.08. The molecule has 2 rings (SSSR count). The van der Waals surface area contributed by atoms with Crippen molar-refractivity contribution in [2.24, 2.45) is 5.41 Å². The topological polar surface area (TPSA) is 21.3 Å². The highest BCUT2D eigenvalue weighted by Crippen LogP contribution is 2.31. The van der Waals surface area contributed by atoms with Gasteiger partial charge in [-0.05, 0) is 50.7 Å². The molecule has 0 amide bonds. The summed E-state index contributed by atoms with van der Waals surface area (Å²) in [5.74, 6) is 0. The minimum atomic E-state index is 0.408. The highest BCUT2D eigenvalue weighted by atomic mass is 32.1. The van der Waals surface area contributed by atoms with Crippen molar-refractivity contribution in [3.05, 3.63) is 21.4 Å². The molecule has 1 aliphatic heterocycles. The van der Waals surface area contributed by atoms with Gasteiger partial charge in [-0.2, -0.15) is 0 Å². The molecule has 18 heavy (non-hydrogen) atoms. The quantitative estimate of drug-likeness (QED) is 0.895. The fourth-order valence-corrected chi connectivity index (χ4v) is 3.65. The molecule has 1 aromatic heterocycles. The molecule has 1 unspecified atom stereocenters. The number of rotatable bonds is 4. The molecule has 0 aliphatic carbocycles. The Kier molecular flexibility index (Phi) is 4.46. The summed E-state index contributed by atoms with van der Waals surface area (Å²) in [5, 5.41) is 3.71. The second-order valence-corrected chi connectivity index (χ2v) is 7.35. The molecule has 1 fully saturated rings. The molecule has 102 valence electrons. The van der Waals surface area contributed by atoms with E-state index in [1.807, 2.05) is 11.3 Å². The second kappa shape index (κ2) is 5.72. The van der Waals surface area contributed by atoms with Crippen molar-refractivity contribution in [1.29, 1.82) is 0 Å². The van der Waals surface area contributed by atoms with Crippen molar-refractivity contribution in [3.63, 3.8) is 0 Å². The minimum absolute atomic E-state index is 0.408. The Hall–Kier alpha value is -0.380. The van der Waals surface area contributed by atoms with Crippen LogP contribution in [0.4, 0.5) is 0 Å². The van der Waals surface area contributed by atoms with Crippen LogP contribution in [0.3, 0.4) is 0 Å². The lowest BCUT2D eigenvalue weighted by molar-refractivity contribution is 0.0231. The van der Waals surface area contributed by atoms with Crippen LogP contribution in [0, 0.1) is 19.3 Å². The van der Waals surface area contributed by atoms with Crippen LogP contribution in [0.2, 0.25) is 0 Å². The molecular formula is C15H25NOS. The summed E-state index contributed by atoms with van der Waals surface area (Å²) in [4.78, 5) is 2.86. The van der Waals surface area contributed by atoms with Crippen LogP contribution in [0.25, 0.3) is 0 Å². The van der Waals surface area contributed by atoms with Crippen LogP contribution < -0.4 is 5.32 Å².